The molecule has 1 saturated heterocycles. The molecule has 1 fully saturated rings. The lowest BCUT2D eigenvalue weighted by molar-refractivity contribution is 0.0472. The summed E-state index contributed by atoms with van der Waals surface area (Å²) in [5.74, 6) is 0. The molecule has 0 unspecified atom stereocenters. The maximum atomic E-state index is 11.8. The molecule has 1 aromatic rings. The molecule has 0 aromatic heterocycles. The standard InChI is InChI=1S/C13H15NO3/c1-13-6-9-4-2-3-5-10(9)7-14(13)12(16)17-11(13)8-15/h2-5,11,15H,6-8H2,1H3/t11-,13+/m1/s1. The Morgan fingerprint density at radius 1 is 1.47 bits per heavy atom. The summed E-state index contributed by atoms with van der Waals surface area (Å²) in [6.07, 6.45) is -0.00967. The minimum Gasteiger partial charge on any atom is -0.441 e. The zero-order valence-corrected chi connectivity index (χ0v) is 9.72. The van der Waals surface area contributed by atoms with Crippen molar-refractivity contribution in [2.45, 2.75) is 31.5 Å². The highest BCUT2D eigenvalue weighted by Crippen LogP contribution is 2.39. The van der Waals surface area contributed by atoms with Crippen LogP contribution < -0.4 is 0 Å². The molecular formula is C13H15NO3. The summed E-state index contributed by atoms with van der Waals surface area (Å²) in [6.45, 7) is 2.43. The van der Waals surface area contributed by atoms with Crippen LogP contribution in [0.1, 0.15) is 18.1 Å². The number of benzene rings is 1. The predicted octanol–water partition coefficient (Wildman–Crippen LogP) is 1.31. The molecule has 2 aliphatic rings. The van der Waals surface area contributed by atoms with Gasteiger partial charge in [0.05, 0.1) is 18.7 Å². The van der Waals surface area contributed by atoms with Crippen molar-refractivity contribution in [3.8, 4) is 0 Å². The number of aliphatic hydroxyl groups is 1. The minimum absolute atomic E-state index is 0.124. The van der Waals surface area contributed by atoms with Crippen molar-refractivity contribution in [2.24, 2.45) is 0 Å². The van der Waals surface area contributed by atoms with Crippen molar-refractivity contribution in [3.05, 3.63) is 35.4 Å². The van der Waals surface area contributed by atoms with Crippen molar-refractivity contribution in [2.75, 3.05) is 6.61 Å². The van der Waals surface area contributed by atoms with E-state index in [1.54, 1.807) is 4.90 Å². The van der Waals surface area contributed by atoms with Crippen LogP contribution in [0.3, 0.4) is 0 Å². The maximum Gasteiger partial charge on any atom is 0.411 e. The topological polar surface area (TPSA) is 49.8 Å². The van der Waals surface area contributed by atoms with Gasteiger partial charge in [-0.25, -0.2) is 4.79 Å². The third kappa shape index (κ3) is 1.37. The first-order valence-electron chi connectivity index (χ1n) is 5.81. The Bertz CT molecular complexity index is 473. The van der Waals surface area contributed by atoms with Gasteiger partial charge < -0.3 is 9.84 Å². The Hall–Kier alpha value is -1.55. The molecule has 0 saturated carbocycles. The molecular weight excluding hydrogens is 218 g/mol. The number of hydrogen-bond donors (Lipinski definition) is 1. The van der Waals surface area contributed by atoms with Gasteiger partial charge in [0.2, 0.25) is 0 Å². The van der Waals surface area contributed by atoms with Gasteiger partial charge in [-0.1, -0.05) is 24.3 Å². The molecule has 3 rings (SSSR count). The second-order valence-corrected chi connectivity index (χ2v) is 4.94. The van der Waals surface area contributed by atoms with Gasteiger partial charge in [-0.05, 0) is 24.5 Å². The largest absolute Gasteiger partial charge is 0.441 e. The number of nitrogens with zero attached hydrogens (tertiary/aromatic N) is 1. The van der Waals surface area contributed by atoms with E-state index >= 15 is 0 Å². The Labute approximate surface area is 99.8 Å². The Kier molecular flexibility index (Phi) is 2.16. The maximum absolute atomic E-state index is 11.8. The van der Waals surface area contributed by atoms with E-state index in [0.29, 0.717) is 6.54 Å². The van der Waals surface area contributed by atoms with Gasteiger partial charge in [0, 0.05) is 0 Å². The molecule has 0 spiro atoms. The van der Waals surface area contributed by atoms with Crippen LogP contribution in [0.15, 0.2) is 24.3 Å². The van der Waals surface area contributed by atoms with Crippen molar-refractivity contribution in [3.63, 3.8) is 0 Å². The number of ether oxygens (including phenoxy) is 1. The average molecular weight is 233 g/mol. The van der Waals surface area contributed by atoms with Gasteiger partial charge in [0.15, 0.2) is 0 Å². The first kappa shape index (κ1) is 10.6. The van der Waals surface area contributed by atoms with Crippen LogP contribution in [0, 0.1) is 0 Å². The molecule has 1 N–H and O–H groups in total. The van der Waals surface area contributed by atoms with Crippen molar-refractivity contribution < 1.29 is 14.6 Å². The van der Waals surface area contributed by atoms with Gasteiger partial charge in [0.1, 0.15) is 6.10 Å². The van der Waals surface area contributed by atoms with Gasteiger partial charge in [-0.3, -0.25) is 4.90 Å². The van der Waals surface area contributed by atoms with Gasteiger partial charge >= 0.3 is 6.09 Å². The van der Waals surface area contributed by atoms with E-state index in [0.717, 1.165) is 6.42 Å². The van der Waals surface area contributed by atoms with Crippen molar-refractivity contribution in [1.82, 2.24) is 4.90 Å². The number of fused-ring (bicyclic) bond motifs is 2. The SMILES string of the molecule is C[C@@]12Cc3ccccc3CN1C(=O)O[C@@H]2CO. The number of carbonyl (C=O) groups is 1. The highest BCUT2D eigenvalue weighted by molar-refractivity contribution is 5.72. The van der Waals surface area contributed by atoms with E-state index in [1.165, 1.54) is 11.1 Å². The molecule has 4 heteroatoms. The molecule has 0 aliphatic carbocycles. The second-order valence-electron chi connectivity index (χ2n) is 4.94. The van der Waals surface area contributed by atoms with Gasteiger partial charge in [-0.2, -0.15) is 0 Å². The monoisotopic (exact) mass is 233 g/mol. The normalized spacial score (nSPS) is 30.8. The van der Waals surface area contributed by atoms with Crippen LogP contribution in [0.5, 0.6) is 0 Å². The third-order valence-corrected chi connectivity index (χ3v) is 3.93. The fourth-order valence-corrected chi connectivity index (χ4v) is 2.82. The Morgan fingerprint density at radius 2 is 2.18 bits per heavy atom. The molecule has 1 amide bonds. The van der Waals surface area contributed by atoms with E-state index in [-0.39, 0.29) is 12.7 Å². The quantitative estimate of drug-likeness (QED) is 0.795. The summed E-state index contributed by atoms with van der Waals surface area (Å²) in [7, 11) is 0. The number of rotatable bonds is 1. The minimum atomic E-state index is -0.427. The van der Waals surface area contributed by atoms with Crippen molar-refractivity contribution >= 4 is 6.09 Å². The number of aliphatic hydroxyl groups excluding tert-OH is 1. The zero-order chi connectivity index (χ0) is 12.0. The lowest BCUT2D eigenvalue weighted by Gasteiger charge is -2.40. The first-order chi connectivity index (χ1) is 8.15. The molecule has 2 heterocycles. The van der Waals surface area contributed by atoms with Gasteiger partial charge in [-0.15, -0.1) is 0 Å². The lowest BCUT2D eigenvalue weighted by atomic mass is 9.81. The molecule has 0 radical (unpaired) electrons. The first-order valence-corrected chi connectivity index (χ1v) is 5.81. The number of carbonyl (C=O) groups excluding carboxylic acids is 1. The second kappa shape index (κ2) is 3.47. The fraction of sp³-hybridized carbons (Fsp3) is 0.462. The van der Waals surface area contributed by atoms with E-state index in [9.17, 15) is 9.90 Å². The summed E-state index contributed by atoms with van der Waals surface area (Å²) in [5, 5.41) is 9.33. The number of cyclic esters (lactones) is 1. The number of hydrogen-bond acceptors (Lipinski definition) is 3. The predicted molar refractivity (Wildman–Crippen MR) is 61.4 cm³/mol. The van der Waals surface area contributed by atoms with Crippen LogP contribution in [-0.2, 0) is 17.7 Å². The Balaban J connectivity index is 2.04. The average Bonchev–Trinajstić information content (AvgIpc) is 2.58. The Morgan fingerprint density at radius 3 is 2.88 bits per heavy atom. The molecule has 0 bridgehead atoms. The summed E-state index contributed by atoms with van der Waals surface area (Å²) in [4.78, 5) is 13.5. The molecule has 1 aromatic carbocycles. The van der Waals surface area contributed by atoms with E-state index in [2.05, 4.69) is 6.07 Å². The molecule has 2 aliphatic heterocycles. The van der Waals surface area contributed by atoms with E-state index < -0.39 is 11.6 Å². The molecule has 2 atom stereocenters. The van der Waals surface area contributed by atoms with Crippen LogP contribution in [-0.4, -0.2) is 34.3 Å². The van der Waals surface area contributed by atoms with Crippen LogP contribution >= 0.6 is 0 Å². The molecule has 17 heavy (non-hydrogen) atoms. The van der Waals surface area contributed by atoms with Crippen LogP contribution in [0.4, 0.5) is 4.79 Å². The molecule has 4 nitrogen and oxygen atoms in total. The van der Waals surface area contributed by atoms with Crippen LogP contribution in [0.2, 0.25) is 0 Å². The third-order valence-electron chi connectivity index (χ3n) is 3.93. The van der Waals surface area contributed by atoms with Gasteiger partial charge in [0.25, 0.3) is 0 Å². The fourth-order valence-electron chi connectivity index (χ4n) is 2.82. The van der Waals surface area contributed by atoms with E-state index in [4.69, 9.17) is 4.74 Å². The zero-order valence-electron chi connectivity index (χ0n) is 9.72. The van der Waals surface area contributed by atoms with Crippen LogP contribution in [0.25, 0.3) is 0 Å². The summed E-state index contributed by atoms with van der Waals surface area (Å²) in [6, 6.07) is 8.10. The molecule has 90 valence electrons. The van der Waals surface area contributed by atoms with E-state index in [1.807, 2.05) is 25.1 Å². The lowest BCUT2D eigenvalue weighted by Crippen LogP contribution is -2.53. The summed E-state index contributed by atoms with van der Waals surface area (Å²) >= 11 is 0. The summed E-state index contributed by atoms with van der Waals surface area (Å²) in [5.41, 5.74) is 1.99. The number of amides is 1. The highest BCUT2D eigenvalue weighted by Gasteiger charge is 2.53. The highest BCUT2D eigenvalue weighted by atomic mass is 16.6. The summed E-state index contributed by atoms with van der Waals surface area (Å²) < 4.78 is 5.23. The smallest absolute Gasteiger partial charge is 0.411 e. The van der Waals surface area contributed by atoms with Crippen molar-refractivity contribution in [1.29, 1.82) is 0 Å².